The number of aliphatic imine (C=N–C) groups is 1. The number of nitrogens with one attached hydrogen (secondary N) is 1. The van der Waals surface area contributed by atoms with E-state index in [0.717, 1.165) is 43.5 Å². The zero-order valence-electron chi connectivity index (χ0n) is 15.9. The van der Waals surface area contributed by atoms with Crippen molar-refractivity contribution in [3.05, 3.63) is 53.2 Å². The van der Waals surface area contributed by atoms with E-state index in [-0.39, 0.29) is 0 Å². The van der Waals surface area contributed by atoms with Crippen LogP contribution in [-0.4, -0.2) is 42.6 Å². The van der Waals surface area contributed by atoms with Crippen molar-refractivity contribution < 1.29 is 9.15 Å². The molecule has 1 aliphatic heterocycles. The second-order valence-corrected chi connectivity index (χ2v) is 6.75. The van der Waals surface area contributed by atoms with Crippen LogP contribution in [0.2, 0.25) is 0 Å². The molecule has 1 atom stereocenters. The molecule has 140 valence electrons. The maximum atomic E-state index is 5.90. The van der Waals surface area contributed by atoms with Gasteiger partial charge >= 0.3 is 0 Å². The number of hydrogen-bond acceptors (Lipinski definition) is 4. The van der Waals surface area contributed by atoms with Crippen LogP contribution in [0.15, 0.2) is 39.7 Å². The summed E-state index contributed by atoms with van der Waals surface area (Å²) in [6.07, 6.45) is 1.12. The predicted molar refractivity (Wildman–Crippen MR) is 102 cm³/mol. The number of rotatable bonds is 6. The molecule has 0 saturated carbocycles. The first-order valence-electron chi connectivity index (χ1n) is 9.16. The molecule has 1 saturated heterocycles. The van der Waals surface area contributed by atoms with Crippen molar-refractivity contribution in [3.8, 4) is 0 Å². The Balaban J connectivity index is 1.42. The van der Waals surface area contributed by atoms with Crippen molar-refractivity contribution in [1.29, 1.82) is 0 Å². The standard InChI is InChI=1S/C20H28N4O2/c1-15-16(2)26-19(23-15)11-22-20(21-3)24-10-9-18(12-24)14-25-13-17-7-5-4-6-8-17/h4-8,18H,9-14H2,1-3H3,(H,21,22). The molecule has 1 N–H and O–H groups in total. The van der Waals surface area contributed by atoms with E-state index in [9.17, 15) is 0 Å². The number of benzene rings is 1. The molecule has 0 aliphatic carbocycles. The van der Waals surface area contributed by atoms with Gasteiger partial charge in [0.2, 0.25) is 5.89 Å². The first kappa shape index (κ1) is 18.5. The highest BCUT2D eigenvalue weighted by Crippen LogP contribution is 2.17. The summed E-state index contributed by atoms with van der Waals surface area (Å²) in [5.41, 5.74) is 2.16. The molecule has 1 aromatic heterocycles. The molecule has 2 heterocycles. The SMILES string of the molecule is CN=C(NCc1nc(C)c(C)o1)N1CCC(COCc2ccccc2)C1. The highest BCUT2D eigenvalue weighted by atomic mass is 16.5. The van der Waals surface area contributed by atoms with Crippen molar-refractivity contribution in [2.24, 2.45) is 10.9 Å². The lowest BCUT2D eigenvalue weighted by atomic mass is 10.1. The van der Waals surface area contributed by atoms with Crippen LogP contribution in [0.25, 0.3) is 0 Å². The summed E-state index contributed by atoms with van der Waals surface area (Å²) < 4.78 is 11.5. The first-order valence-corrected chi connectivity index (χ1v) is 9.16. The Hall–Kier alpha value is -2.34. The van der Waals surface area contributed by atoms with Crippen LogP contribution in [0.3, 0.4) is 0 Å². The first-order chi connectivity index (χ1) is 12.7. The lowest BCUT2D eigenvalue weighted by Gasteiger charge is -2.21. The van der Waals surface area contributed by atoms with E-state index in [2.05, 4.69) is 32.3 Å². The number of guanidine groups is 1. The Morgan fingerprint density at radius 2 is 2.15 bits per heavy atom. The third-order valence-corrected chi connectivity index (χ3v) is 4.73. The number of aryl methyl sites for hydroxylation is 2. The summed E-state index contributed by atoms with van der Waals surface area (Å²) in [4.78, 5) is 11.1. The second kappa shape index (κ2) is 8.85. The van der Waals surface area contributed by atoms with Crippen LogP contribution in [0.5, 0.6) is 0 Å². The van der Waals surface area contributed by atoms with E-state index < -0.39 is 0 Å². The van der Waals surface area contributed by atoms with E-state index in [4.69, 9.17) is 9.15 Å². The number of ether oxygens (including phenoxy) is 1. The van der Waals surface area contributed by atoms with Crippen LogP contribution in [0.4, 0.5) is 0 Å². The maximum absolute atomic E-state index is 5.90. The monoisotopic (exact) mass is 356 g/mol. The highest BCUT2D eigenvalue weighted by Gasteiger charge is 2.25. The molecule has 1 aromatic carbocycles. The summed E-state index contributed by atoms with van der Waals surface area (Å²) >= 11 is 0. The summed E-state index contributed by atoms with van der Waals surface area (Å²) in [5, 5.41) is 3.35. The molecule has 0 bridgehead atoms. The van der Waals surface area contributed by atoms with Crippen molar-refractivity contribution >= 4 is 5.96 Å². The van der Waals surface area contributed by atoms with Crippen LogP contribution in [0, 0.1) is 19.8 Å². The van der Waals surface area contributed by atoms with Crippen molar-refractivity contribution in [3.63, 3.8) is 0 Å². The number of oxazole rings is 1. The van der Waals surface area contributed by atoms with E-state index in [1.807, 2.05) is 39.1 Å². The van der Waals surface area contributed by atoms with Gasteiger partial charge < -0.3 is 19.4 Å². The van der Waals surface area contributed by atoms with Gasteiger partial charge in [-0.1, -0.05) is 30.3 Å². The second-order valence-electron chi connectivity index (χ2n) is 6.75. The third-order valence-electron chi connectivity index (χ3n) is 4.73. The fourth-order valence-electron chi connectivity index (χ4n) is 3.18. The summed E-state index contributed by atoms with van der Waals surface area (Å²) in [5.74, 6) is 2.99. The maximum Gasteiger partial charge on any atom is 0.214 e. The average molecular weight is 356 g/mol. The molecule has 6 nitrogen and oxygen atoms in total. The minimum atomic E-state index is 0.531. The Morgan fingerprint density at radius 1 is 1.35 bits per heavy atom. The van der Waals surface area contributed by atoms with Gasteiger partial charge in [-0.05, 0) is 25.8 Å². The minimum Gasteiger partial charge on any atom is -0.444 e. The molecule has 1 unspecified atom stereocenters. The summed E-state index contributed by atoms with van der Waals surface area (Å²) in [6.45, 7) is 7.83. The molecule has 6 heteroatoms. The van der Waals surface area contributed by atoms with Gasteiger partial charge in [-0.2, -0.15) is 0 Å². The number of nitrogens with zero attached hydrogens (tertiary/aromatic N) is 3. The van der Waals surface area contributed by atoms with Gasteiger partial charge in [0.05, 0.1) is 25.5 Å². The van der Waals surface area contributed by atoms with Crippen molar-refractivity contribution in [2.45, 2.75) is 33.4 Å². The van der Waals surface area contributed by atoms with Gasteiger partial charge in [0.1, 0.15) is 5.76 Å². The fourth-order valence-corrected chi connectivity index (χ4v) is 3.18. The van der Waals surface area contributed by atoms with Gasteiger partial charge in [0, 0.05) is 26.1 Å². The lowest BCUT2D eigenvalue weighted by Crippen LogP contribution is -2.39. The van der Waals surface area contributed by atoms with Crippen LogP contribution < -0.4 is 5.32 Å². The average Bonchev–Trinajstić information content (AvgIpc) is 3.24. The molecule has 0 radical (unpaired) electrons. The van der Waals surface area contributed by atoms with Gasteiger partial charge in [0.25, 0.3) is 0 Å². The van der Waals surface area contributed by atoms with E-state index in [1.165, 1.54) is 5.56 Å². The normalized spacial score (nSPS) is 17.7. The van der Waals surface area contributed by atoms with Gasteiger partial charge in [-0.15, -0.1) is 0 Å². The van der Waals surface area contributed by atoms with Gasteiger partial charge in [0.15, 0.2) is 5.96 Å². The topological polar surface area (TPSA) is 62.9 Å². The number of aromatic nitrogens is 1. The number of hydrogen-bond donors (Lipinski definition) is 1. The summed E-state index contributed by atoms with van der Waals surface area (Å²) in [6, 6.07) is 10.3. The smallest absolute Gasteiger partial charge is 0.214 e. The fraction of sp³-hybridized carbons (Fsp3) is 0.500. The molecular weight excluding hydrogens is 328 g/mol. The lowest BCUT2D eigenvalue weighted by molar-refractivity contribution is 0.0906. The summed E-state index contributed by atoms with van der Waals surface area (Å²) in [7, 11) is 1.81. The molecule has 1 fully saturated rings. The number of likely N-dealkylation sites (tertiary alicyclic amines) is 1. The van der Waals surface area contributed by atoms with Gasteiger partial charge in [-0.25, -0.2) is 4.98 Å². The van der Waals surface area contributed by atoms with E-state index >= 15 is 0 Å². The zero-order valence-corrected chi connectivity index (χ0v) is 15.9. The quantitative estimate of drug-likeness (QED) is 0.637. The highest BCUT2D eigenvalue weighted by molar-refractivity contribution is 5.80. The zero-order chi connectivity index (χ0) is 18.4. The Bertz CT molecular complexity index is 707. The molecule has 1 aliphatic rings. The minimum absolute atomic E-state index is 0.531. The van der Waals surface area contributed by atoms with Crippen molar-refractivity contribution in [2.75, 3.05) is 26.7 Å². The molecule has 3 rings (SSSR count). The largest absolute Gasteiger partial charge is 0.444 e. The molecular formula is C20H28N4O2. The van der Waals surface area contributed by atoms with Gasteiger partial charge in [-0.3, -0.25) is 4.99 Å². The van der Waals surface area contributed by atoms with E-state index in [1.54, 1.807) is 0 Å². The van der Waals surface area contributed by atoms with Crippen molar-refractivity contribution in [1.82, 2.24) is 15.2 Å². The Morgan fingerprint density at radius 3 is 2.85 bits per heavy atom. The Kier molecular flexibility index (Phi) is 6.28. The third kappa shape index (κ3) is 4.85. The van der Waals surface area contributed by atoms with Crippen LogP contribution >= 0.6 is 0 Å². The van der Waals surface area contributed by atoms with E-state index in [0.29, 0.717) is 25.0 Å². The van der Waals surface area contributed by atoms with Crippen LogP contribution in [0.1, 0.15) is 29.3 Å². The molecule has 0 amide bonds. The predicted octanol–water partition coefficient (Wildman–Crippen LogP) is 2.91. The molecule has 0 spiro atoms. The molecule has 2 aromatic rings. The molecule has 26 heavy (non-hydrogen) atoms. The Labute approximate surface area is 155 Å². The van der Waals surface area contributed by atoms with Crippen LogP contribution in [-0.2, 0) is 17.9 Å².